The minimum Gasteiger partial charge on any atom is -0.369 e. The molecule has 9 nitrogen and oxygen atoms in total. The highest BCUT2D eigenvalue weighted by Crippen LogP contribution is 2.22. The van der Waals surface area contributed by atoms with Crippen LogP contribution in [-0.2, 0) is 14.4 Å². The normalized spacial score (nSPS) is 10.3. The fourth-order valence-corrected chi connectivity index (χ4v) is 2.81. The van der Waals surface area contributed by atoms with E-state index in [0.717, 1.165) is 35.3 Å². The topological polar surface area (TPSA) is 168 Å². The Bertz CT molecular complexity index is 467. The zero-order valence-corrected chi connectivity index (χ0v) is 13.1. The predicted molar refractivity (Wildman–Crippen MR) is 79.6 cm³/mol. The van der Waals surface area contributed by atoms with Gasteiger partial charge < -0.3 is 17.2 Å². The van der Waals surface area contributed by atoms with Crippen LogP contribution in [0.2, 0.25) is 0 Å². The van der Waals surface area contributed by atoms with Crippen LogP contribution >= 0.6 is 35.3 Å². The quantitative estimate of drug-likeness (QED) is 0.454. The van der Waals surface area contributed by atoms with Gasteiger partial charge in [-0.1, -0.05) is 35.3 Å². The summed E-state index contributed by atoms with van der Waals surface area (Å²) in [6.45, 7) is 0. The number of hydrogen-bond acceptors (Lipinski definition) is 9. The van der Waals surface area contributed by atoms with Gasteiger partial charge in [0, 0.05) is 0 Å². The van der Waals surface area contributed by atoms with Crippen LogP contribution in [0.25, 0.3) is 0 Å². The minimum absolute atomic E-state index is 0.00383. The first-order valence-corrected chi connectivity index (χ1v) is 8.32. The molecule has 1 aromatic rings. The van der Waals surface area contributed by atoms with Crippen molar-refractivity contribution in [2.24, 2.45) is 17.2 Å². The van der Waals surface area contributed by atoms with Gasteiger partial charge in [-0.15, -0.1) is 0 Å². The van der Waals surface area contributed by atoms with Crippen LogP contribution in [0.15, 0.2) is 15.5 Å². The second-order valence-electron chi connectivity index (χ2n) is 3.45. The zero-order chi connectivity index (χ0) is 15.8. The number of primary amides is 3. The first kappa shape index (κ1) is 17.5. The summed E-state index contributed by atoms with van der Waals surface area (Å²) in [6, 6.07) is 0. The molecule has 1 heterocycles. The van der Waals surface area contributed by atoms with Crippen molar-refractivity contribution in [1.29, 1.82) is 0 Å². The van der Waals surface area contributed by atoms with Gasteiger partial charge >= 0.3 is 0 Å². The third-order valence-corrected chi connectivity index (χ3v) is 4.21. The maximum absolute atomic E-state index is 10.8. The highest BCUT2D eigenvalue weighted by Gasteiger charge is 2.11. The van der Waals surface area contributed by atoms with Gasteiger partial charge in [0.15, 0.2) is 15.5 Å². The number of carbonyl (C=O) groups is 3. The van der Waals surface area contributed by atoms with Crippen molar-refractivity contribution in [3.8, 4) is 0 Å². The molecule has 0 saturated carbocycles. The Labute approximate surface area is 132 Å². The number of nitrogens with two attached hydrogens (primary N) is 3. The summed E-state index contributed by atoms with van der Waals surface area (Å²) in [5, 5.41) is 0.799. The standard InChI is InChI=1S/C9H12N6O3S3/c10-4(16)1-19-7-13-8(20-2-5(11)17)15-9(14-7)21-3-6(12)18/h1-3H2,(H2,10,16)(H2,11,17)(H2,12,18). The van der Waals surface area contributed by atoms with E-state index in [0.29, 0.717) is 0 Å². The Balaban J connectivity index is 2.86. The molecule has 1 aromatic heterocycles. The van der Waals surface area contributed by atoms with Crippen LogP contribution in [0.1, 0.15) is 0 Å². The number of rotatable bonds is 9. The Kier molecular flexibility index (Phi) is 7.25. The number of aromatic nitrogens is 3. The molecule has 114 valence electrons. The number of hydrogen-bond donors (Lipinski definition) is 3. The van der Waals surface area contributed by atoms with Gasteiger partial charge in [0.1, 0.15) is 0 Å². The van der Waals surface area contributed by atoms with Crippen LogP contribution in [-0.4, -0.2) is 49.9 Å². The second kappa shape index (κ2) is 8.69. The molecule has 0 aliphatic rings. The monoisotopic (exact) mass is 348 g/mol. The molecule has 6 N–H and O–H groups in total. The summed E-state index contributed by atoms with van der Waals surface area (Å²) in [6.07, 6.45) is 0. The first-order valence-electron chi connectivity index (χ1n) is 5.36. The van der Waals surface area contributed by atoms with Gasteiger partial charge in [-0.25, -0.2) is 0 Å². The van der Waals surface area contributed by atoms with E-state index < -0.39 is 17.7 Å². The molecule has 12 heteroatoms. The smallest absolute Gasteiger partial charge is 0.227 e. The molecule has 0 aliphatic carbocycles. The number of thioether (sulfide) groups is 3. The lowest BCUT2D eigenvalue weighted by molar-refractivity contribution is -0.116. The van der Waals surface area contributed by atoms with E-state index in [1.807, 2.05) is 0 Å². The molecule has 0 saturated heterocycles. The molecular weight excluding hydrogens is 336 g/mol. The van der Waals surface area contributed by atoms with Crippen molar-refractivity contribution in [1.82, 2.24) is 15.0 Å². The van der Waals surface area contributed by atoms with E-state index in [2.05, 4.69) is 15.0 Å². The van der Waals surface area contributed by atoms with Crippen LogP contribution in [0.5, 0.6) is 0 Å². The highest BCUT2D eigenvalue weighted by atomic mass is 32.2. The number of carbonyl (C=O) groups excluding carboxylic acids is 3. The Hall–Kier alpha value is -1.53. The van der Waals surface area contributed by atoms with Crippen molar-refractivity contribution < 1.29 is 14.4 Å². The lowest BCUT2D eigenvalue weighted by atomic mass is 10.8. The van der Waals surface area contributed by atoms with Crippen molar-refractivity contribution in [2.45, 2.75) is 15.5 Å². The summed E-state index contributed by atoms with van der Waals surface area (Å²) in [5.74, 6) is -1.54. The van der Waals surface area contributed by atoms with Crippen molar-refractivity contribution >= 4 is 53.0 Å². The van der Waals surface area contributed by atoms with Gasteiger partial charge in [-0.05, 0) is 0 Å². The SMILES string of the molecule is NC(=O)CSc1nc(SCC(N)=O)nc(SCC(N)=O)n1. The Morgan fingerprint density at radius 1 is 0.667 bits per heavy atom. The summed E-state index contributed by atoms with van der Waals surface area (Å²) in [5.41, 5.74) is 15.1. The largest absolute Gasteiger partial charge is 0.369 e. The maximum atomic E-state index is 10.8. The summed E-state index contributed by atoms with van der Waals surface area (Å²) in [4.78, 5) is 44.5. The van der Waals surface area contributed by atoms with Gasteiger partial charge in [-0.2, -0.15) is 15.0 Å². The van der Waals surface area contributed by atoms with Crippen LogP contribution in [0.3, 0.4) is 0 Å². The van der Waals surface area contributed by atoms with E-state index in [4.69, 9.17) is 17.2 Å². The predicted octanol–water partition coefficient (Wildman–Crippen LogP) is -1.40. The number of amides is 3. The Morgan fingerprint density at radius 2 is 0.905 bits per heavy atom. The van der Waals surface area contributed by atoms with Crippen LogP contribution < -0.4 is 17.2 Å². The van der Waals surface area contributed by atoms with Gasteiger partial charge in [-0.3, -0.25) is 14.4 Å². The number of nitrogens with zero attached hydrogens (tertiary/aromatic N) is 3. The minimum atomic E-state index is -0.516. The van der Waals surface area contributed by atoms with Crippen LogP contribution in [0.4, 0.5) is 0 Å². The highest BCUT2D eigenvalue weighted by molar-refractivity contribution is 8.01. The summed E-state index contributed by atoms with van der Waals surface area (Å²) in [7, 11) is 0. The van der Waals surface area contributed by atoms with Crippen molar-refractivity contribution in [3.05, 3.63) is 0 Å². The molecule has 0 unspecified atom stereocenters. The molecule has 0 spiro atoms. The summed E-state index contributed by atoms with van der Waals surface area (Å²) < 4.78 is 0. The van der Waals surface area contributed by atoms with Crippen molar-refractivity contribution in [3.63, 3.8) is 0 Å². The third-order valence-electron chi connectivity index (χ3n) is 1.60. The molecule has 0 aliphatic heterocycles. The molecule has 0 aromatic carbocycles. The van der Waals surface area contributed by atoms with Gasteiger partial charge in [0.05, 0.1) is 17.3 Å². The molecule has 21 heavy (non-hydrogen) atoms. The van der Waals surface area contributed by atoms with E-state index >= 15 is 0 Å². The third kappa shape index (κ3) is 7.72. The van der Waals surface area contributed by atoms with E-state index in [-0.39, 0.29) is 32.7 Å². The van der Waals surface area contributed by atoms with E-state index in [9.17, 15) is 14.4 Å². The molecule has 0 radical (unpaired) electrons. The Morgan fingerprint density at radius 3 is 1.10 bits per heavy atom. The van der Waals surface area contributed by atoms with Crippen molar-refractivity contribution in [2.75, 3.05) is 17.3 Å². The molecule has 0 atom stereocenters. The second-order valence-corrected chi connectivity index (χ2v) is 6.28. The fraction of sp³-hybridized carbons (Fsp3) is 0.333. The van der Waals surface area contributed by atoms with Gasteiger partial charge in [0.2, 0.25) is 17.7 Å². The zero-order valence-electron chi connectivity index (χ0n) is 10.6. The lowest BCUT2D eigenvalue weighted by Crippen LogP contribution is -2.15. The average Bonchev–Trinajstić information content (AvgIpc) is 2.40. The molecule has 3 amide bonds. The molecule has 1 rings (SSSR count). The van der Waals surface area contributed by atoms with E-state index in [1.54, 1.807) is 0 Å². The van der Waals surface area contributed by atoms with Gasteiger partial charge in [0.25, 0.3) is 0 Å². The molecule has 0 bridgehead atoms. The average molecular weight is 348 g/mol. The van der Waals surface area contributed by atoms with E-state index in [1.165, 1.54) is 0 Å². The van der Waals surface area contributed by atoms with Crippen LogP contribution in [0, 0.1) is 0 Å². The maximum Gasteiger partial charge on any atom is 0.227 e. The summed E-state index contributed by atoms with van der Waals surface area (Å²) >= 11 is 3.09. The molecule has 0 fully saturated rings. The fourth-order valence-electron chi connectivity index (χ4n) is 0.921. The molecular formula is C9H12N6O3S3. The first-order chi connectivity index (χ1) is 9.86. The lowest BCUT2D eigenvalue weighted by Gasteiger charge is -2.04.